The molecule has 31 heavy (non-hydrogen) atoms. The van der Waals surface area contributed by atoms with Crippen LogP contribution in [0.5, 0.6) is 5.75 Å². The highest BCUT2D eigenvalue weighted by atomic mass is 16.5. The number of ether oxygens (including phenoxy) is 2. The molecule has 166 valence electrons. The molecule has 0 spiro atoms. The molecule has 0 atom stereocenters. The molecule has 0 unspecified atom stereocenters. The van der Waals surface area contributed by atoms with Gasteiger partial charge in [0.15, 0.2) is 0 Å². The van der Waals surface area contributed by atoms with E-state index in [1.54, 1.807) is 36.4 Å². The van der Waals surface area contributed by atoms with Crippen LogP contribution in [0.2, 0.25) is 0 Å². The molecule has 6 nitrogen and oxygen atoms in total. The van der Waals surface area contributed by atoms with Crippen molar-refractivity contribution in [2.45, 2.75) is 45.1 Å². The van der Waals surface area contributed by atoms with Gasteiger partial charge in [-0.05, 0) is 56.2 Å². The first-order valence-electron chi connectivity index (χ1n) is 11.1. The van der Waals surface area contributed by atoms with Gasteiger partial charge in [-0.3, -0.25) is 9.59 Å². The molecule has 1 N–H and O–H groups in total. The second kappa shape index (κ2) is 11.5. The number of para-hydroxylation sites is 1. The van der Waals surface area contributed by atoms with E-state index in [1.807, 2.05) is 31.0 Å². The zero-order valence-electron chi connectivity index (χ0n) is 18.4. The lowest BCUT2D eigenvalue weighted by Crippen LogP contribution is -2.38. The van der Waals surface area contributed by atoms with Crippen LogP contribution in [0.15, 0.2) is 48.5 Å². The van der Waals surface area contributed by atoms with Gasteiger partial charge in [0.05, 0.1) is 17.9 Å². The van der Waals surface area contributed by atoms with E-state index >= 15 is 0 Å². The Morgan fingerprint density at radius 1 is 1.00 bits per heavy atom. The summed E-state index contributed by atoms with van der Waals surface area (Å²) < 4.78 is 10.8. The van der Waals surface area contributed by atoms with Gasteiger partial charge in [0.25, 0.3) is 11.8 Å². The van der Waals surface area contributed by atoms with Crippen molar-refractivity contribution in [2.24, 2.45) is 0 Å². The molecule has 0 saturated heterocycles. The molecule has 0 aromatic heterocycles. The fourth-order valence-corrected chi connectivity index (χ4v) is 3.86. The van der Waals surface area contributed by atoms with Crippen LogP contribution in [-0.4, -0.2) is 49.6 Å². The lowest BCUT2D eigenvalue weighted by atomic mass is 9.94. The van der Waals surface area contributed by atoms with Crippen molar-refractivity contribution in [3.05, 3.63) is 59.7 Å². The van der Waals surface area contributed by atoms with Crippen molar-refractivity contribution >= 4 is 17.5 Å². The van der Waals surface area contributed by atoms with Crippen LogP contribution in [-0.2, 0) is 4.74 Å². The van der Waals surface area contributed by atoms with Crippen LogP contribution in [0.4, 0.5) is 5.69 Å². The summed E-state index contributed by atoms with van der Waals surface area (Å²) in [5.74, 6) is 0.364. The van der Waals surface area contributed by atoms with E-state index in [0.717, 1.165) is 25.7 Å². The van der Waals surface area contributed by atoms with E-state index in [4.69, 9.17) is 9.47 Å². The third-order valence-electron chi connectivity index (χ3n) is 5.67. The molecule has 0 bridgehead atoms. The van der Waals surface area contributed by atoms with Gasteiger partial charge in [0.2, 0.25) is 0 Å². The maximum absolute atomic E-state index is 13.1. The highest BCUT2D eigenvalue weighted by Gasteiger charge is 2.25. The standard InChI is InChI=1S/C25H32N2O4/c1-3-30-17-18-31-21-15-13-19(14-16-21)24(28)26-23-12-8-7-11-22(23)25(29)27(2)20-9-5-4-6-10-20/h7-8,11-16,20H,3-6,9-10,17-18H2,1-2H3,(H,26,28). The number of rotatable bonds is 9. The Labute approximate surface area is 184 Å². The van der Waals surface area contributed by atoms with E-state index in [9.17, 15) is 9.59 Å². The molecule has 0 aliphatic heterocycles. The minimum absolute atomic E-state index is 0.0548. The normalized spacial score (nSPS) is 14.1. The van der Waals surface area contributed by atoms with E-state index in [2.05, 4.69) is 5.32 Å². The molecule has 1 saturated carbocycles. The van der Waals surface area contributed by atoms with Gasteiger partial charge in [0.1, 0.15) is 12.4 Å². The van der Waals surface area contributed by atoms with Crippen molar-refractivity contribution in [1.82, 2.24) is 4.90 Å². The highest BCUT2D eigenvalue weighted by Crippen LogP contribution is 2.25. The molecule has 2 aromatic rings. The summed E-state index contributed by atoms with van der Waals surface area (Å²) in [6, 6.07) is 14.4. The Hall–Kier alpha value is -2.86. The van der Waals surface area contributed by atoms with Crippen molar-refractivity contribution in [3.63, 3.8) is 0 Å². The first-order valence-corrected chi connectivity index (χ1v) is 11.1. The molecule has 1 fully saturated rings. The quantitative estimate of drug-likeness (QED) is 0.590. The maximum Gasteiger partial charge on any atom is 0.255 e. The molecule has 2 amide bonds. The Balaban J connectivity index is 1.64. The number of benzene rings is 2. The Morgan fingerprint density at radius 2 is 1.71 bits per heavy atom. The molecular weight excluding hydrogens is 392 g/mol. The molecule has 2 aromatic carbocycles. The molecule has 0 heterocycles. The van der Waals surface area contributed by atoms with Gasteiger partial charge in [-0.15, -0.1) is 0 Å². The van der Waals surface area contributed by atoms with E-state index in [-0.39, 0.29) is 17.9 Å². The predicted octanol–water partition coefficient (Wildman–Crippen LogP) is 4.76. The average molecular weight is 425 g/mol. The monoisotopic (exact) mass is 424 g/mol. The fraction of sp³-hybridized carbons (Fsp3) is 0.440. The number of carbonyl (C=O) groups is 2. The van der Waals surface area contributed by atoms with Gasteiger partial charge < -0.3 is 19.7 Å². The highest BCUT2D eigenvalue weighted by molar-refractivity contribution is 6.09. The maximum atomic E-state index is 13.1. The Bertz CT molecular complexity index is 860. The fourth-order valence-electron chi connectivity index (χ4n) is 3.86. The van der Waals surface area contributed by atoms with Crippen LogP contribution in [0.25, 0.3) is 0 Å². The zero-order valence-corrected chi connectivity index (χ0v) is 18.4. The predicted molar refractivity (Wildman–Crippen MR) is 122 cm³/mol. The molecule has 1 aliphatic rings. The topological polar surface area (TPSA) is 67.9 Å². The molecular formula is C25H32N2O4. The van der Waals surface area contributed by atoms with Gasteiger partial charge in [-0.2, -0.15) is 0 Å². The van der Waals surface area contributed by atoms with Crippen molar-refractivity contribution in [3.8, 4) is 5.75 Å². The van der Waals surface area contributed by atoms with E-state index in [1.165, 1.54) is 6.42 Å². The minimum Gasteiger partial charge on any atom is -0.491 e. The van der Waals surface area contributed by atoms with Crippen molar-refractivity contribution in [1.29, 1.82) is 0 Å². The van der Waals surface area contributed by atoms with Gasteiger partial charge in [-0.25, -0.2) is 0 Å². The summed E-state index contributed by atoms with van der Waals surface area (Å²) >= 11 is 0. The third-order valence-corrected chi connectivity index (χ3v) is 5.67. The van der Waals surface area contributed by atoms with Crippen LogP contribution in [0.3, 0.4) is 0 Å². The van der Waals surface area contributed by atoms with Crippen LogP contribution >= 0.6 is 0 Å². The Kier molecular flexibility index (Phi) is 8.47. The largest absolute Gasteiger partial charge is 0.491 e. The van der Waals surface area contributed by atoms with E-state index < -0.39 is 0 Å². The molecule has 6 heteroatoms. The SMILES string of the molecule is CCOCCOc1ccc(C(=O)Nc2ccccc2C(=O)N(C)C2CCCCC2)cc1. The summed E-state index contributed by atoms with van der Waals surface area (Å²) in [4.78, 5) is 27.7. The average Bonchev–Trinajstić information content (AvgIpc) is 2.82. The van der Waals surface area contributed by atoms with Gasteiger partial charge in [0, 0.05) is 25.3 Å². The lowest BCUT2D eigenvalue weighted by Gasteiger charge is -2.31. The smallest absolute Gasteiger partial charge is 0.255 e. The number of hydrogen-bond donors (Lipinski definition) is 1. The van der Waals surface area contributed by atoms with Crippen LogP contribution in [0, 0.1) is 0 Å². The van der Waals surface area contributed by atoms with Crippen molar-refractivity contribution < 1.29 is 19.1 Å². The second-order valence-electron chi connectivity index (χ2n) is 7.78. The zero-order chi connectivity index (χ0) is 22.1. The molecule has 0 radical (unpaired) electrons. The number of amides is 2. The summed E-state index contributed by atoms with van der Waals surface area (Å²) in [7, 11) is 1.86. The summed E-state index contributed by atoms with van der Waals surface area (Å²) in [6.45, 7) is 3.58. The van der Waals surface area contributed by atoms with Crippen LogP contribution in [0.1, 0.15) is 59.7 Å². The molecule has 3 rings (SSSR count). The summed E-state index contributed by atoms with van der Waals surface area (Å²) in [5, 5.41) is 2.90. The summed E-state index contributed by atoms with van der Waals surface area (Å²) in [6.07, 6.45) is 5.63. The molecule has 1 aliphatic carbocycles. The third kappa shape index (κ3) is 6.31. The minimum atomic E-state index is -0.263. The Morgan fingerprint density at radius 3 is 2.42 bits per heavy atom. The first kappa shape index (κ1) is 22.8. The summed E-state index contributed by atoms with van der Waals surface area (Å²) in [5.41, 5.74) is 1.54. The van der Waals surface area contributed by atoms with Crippen LogP contribution < -0.4 is 10.1 Å². The first-order chi connectivity index (χ1) is 15.1. The number of hydrogen-bond acceptors (Lipinski definition) is 4. The number of nitrogens with zero attached hydrogens (tertiary/aromatic N) is 1. The number of nitrogens with one attached hydrogen (secondary N) is 1. The lowest BCUT2D eigenvalue weighted by molar-refractivity contribution is 0.0697. The van der Waals surface area contributed by atoms with Gasteiger partial charge in [-0.1, -0.05) is 31.4 Å². The van der Waals surface area contributed by atoms with Gasteiger partial charge >= 0.3 is 0 Å². The number of anilines is 1. The number of carbonyl (C=O) groups excluding carboxylic acids is 2. The van der Waals surface area contributed by atoms with Crippen molar-refractivity contribution in [2.75, 3.05) is 32.2 Å². The van der Waals surface area contributed by atoms with E-state index in [0.29, 0.717) is 42.4 Å². The second-order valence-corrected chi connectivity index (χ2v) is 7.78.